The van der Waals surface area contributed by atoms with E-state index in [4.69, 9.17) is 0 Å². The molecule has 1 aliphatic rings. The van der Waals surface area contributed by atoms with Crippen molar-refractivity contribution in [2.45, 2.75) is 20.3 Å². The van der Waals surface area contributed by atoms with Crippen molar-refractivity contribution in [3.8, 4) is 0 Å². The Balaban J connectivity index is 2.16. The molecule has 2 heterocycles. The molecule has 5 nitrogen and oxygen atoms in total. The summed E-state index contributed by atoms with van der Waals surface area (Å²) in [5.41, 5.74) is 1.37. The number of amides is 1. The first-order chi connectivity index (χ1) is 7.99. The van der Waals surface area contributed by atoms with Gasteiger partial charge in [0.05, 0.1) is 11.3 Å². The molecular formula is C12H17N3O2. The first-order valence-corrected chi connectivity index (χ1v) is 5.81. The van der Waals surface area contributed by atoms with Crippen molar-refractivity contribution < 1.29 is 9.59 Å². The standard InChI is InChI=1S/C12H17N3O2/c1-8-6-15(5-4-11(8)16)12(17)10-7-14(3)13-9(10)2/h7-8H,4-6H2,1-3H3. The average Bonchev–Trinajstić information content (AvgIpc) is 2.61. The summed E-state index contributed by atoms with van der Waals surface area (Å²) in [6.07, 6.45) is 2.20. The molecule has 0 saturated carbocycles. The van der Waals surface area contributed by atoms with Crippen molar-refractivity contribution in [2.24, 2.45) is 13.0 Å². The molecular weight excluding hydrogens is 218 g/mol. The molecule has 0 aliphatic carbocycles. The molecule has 1 saturated heterocycles. The minimum atomic E-state index is -0.0512. The molecule has 1 aromatic rings. The van der Waals surface area contributed by atoms with Crippen LogP contribution in [0.1, 0.15) is 29.4 Å². The molecule has 1 amide bonds. The predicted molar refractivity (Wildman–Crippen MR) is 62.6 cm³/mol. The SMILES string of the molecule is Cc1nn(C)cc1C(=O)N1CCC(=O)C(C)C1. The van der Waals surface area contributed by atoms with Gasteiger partial charge in [0.15, 0.2) is 0 Å². The molecule has 0 aromatic carbocycles. The van der Waals surface area contributed by atoms with Crippen molar-refractivity contribution in [2.75, 3.05) is 13.1 Å². The third kappa shape index (κ3) is 2.23. The largest absolute Gasteiger partial charge is 0.337 e. The summed E-state index contributed by atoms with van der Waals surface area (Å²) in [6.45, 7) is 4.74. The Hall–Kier alpha value is -1.65. The fourth-order valence-corrected chi connectivity index (χ4v) is 2.18. The highest BCUT2D eigenvalue weighted by atomic mass is 16.2. The molecule has 0 radical (unpaired) electrons. The Morgan fingerprint density at radius 1 is 1.53 bits per heavy atom. The lowest BCUT2D eigenvalue weighted by molar-refractivity contribution is -0.124. The highest BCUT2D eigenvalue weighted by Crippen LogP contribution is 2.16. The second-order valence-corrected chi connectivity index (χ2v) is 4.67. The fourth-order valence-electron chi connectivity index (χ4n) is 2.18. The van der Waals surface area contributed by atoms with Crippen LogP contribution in [-0.2, 0) is 11.8 Å². The summed E-state index contributed by atoms with van der Waals surface area (Å²) in [5, 5.41) is 4.16. The summed E-state index contributed by atoms with van der Waals surface area (Å²) >= 11 is 0. The predicted octanol–water partition coefficient (Wildman–Crippen LogP) is 0.780. The Morgan fingerprint density at radius 3 is 2.76 bits per heavy atom. The number of aryl methyl sites for hydroxylation is 2. The zero-order chi connectivity index (χ0) is 12.6. The molecule has 2 rings (SSSR count). The van der Waals surface area contributed by atoms with E-state index in [1.807, 2.05) is 13.8 Å². The lowest BCUT2D eigenvalue weighted by Crippen LogP contribution is -2.43. The summed E-state index contributed by atoms with van der Waals surface area (Å²) in [6, 6.07) is 0. The summed E-state index contributed by atoms with van der Waals surface area (Å²) in [7, 11) is 1.80. The van der Waals surface area contributed by atoms with Crippen molar-refractivity contribution in [1.82, 2.24) is 14.7 Å². The van der Waals surface area contributed by atoms with Gasteiger partial charge in [-0.15, -0.1) is 0 Å². The topological polar surface area (TPSA) is 55.2 Å². The number of ketones is 1. The van der Waals surface area contributed by atoms with Crippen LogP contribution in [0.25, 0.3) is 0 Å². The van der Waals surface area contributed by atoms with Crippen molar-refractivity contribution in [1.29, 1.82) is 0 Å². The molecule has 1 unspecified atom stereocenters. The van der Waals surface area contributed by atoms with Gasteiger partial charge in [-0.25, -0.2) is 0 Å². The molecule has 1 fully saturated rings. The Bertz CT molecular complexity index is 464. The molecule has 0 bridgehead atoms. The first kappa shape index (κ1) is 11.8. The molecule has 0 N–H and O–H groups in total. The second-order valence-electron chi connectivity index (χ2n) is 4.67. The van der Waals surface area contributed by atoms with E-state index >= 15 is 0 Å². The maximum absolute atomic E-state index is 12.2. The number of nitrogens with zero attached hydrogens (tertiary/aromatic N) is 3. The van der Waals surface area contributed by atoms with E-state index < -0.39 is 0 Å². The average molecular weight is 235 g/mol. The number of Topliss-reactive ketones (excluding diaryl/α,β-unsaturated/α-hetero) is 1. The first-order valence-electron chi connectivity index (χ1n) is 5.81. The van der Waals surface area contributed by atoms with Gasteiger partial charge in [0.1, 0.15) is 5.78 Å². The van der Waals surface area contributed by atoms with E-state index in [0.29, 0.717) is 25.1 Å². The van der Waals surface area contributed by atoms with E-state index in [1.165, 1.54) is 0 Å². The van der Waals surface area contributed by atoms with Crippen molar-refractivity contribution >= 4 is 11.7 Å². The van der Waals surface area contributed by atoms with Crippen LogP contribution in [0.2, 0.25) is 0 Å². The van der Waals surface area contributed by atoms with Gasteiger partial charge in [-0.05, 0) is 6.92 Å². The number of likely N-dealkylation sites (tertiary alicyclic amines) is 1. The molecule has 1 aromatic heterocycles. The van der Waals surface area contributed by atoms with Gasteiger partial charge in [-0.2, -0.15) is 5.10 Å². The van der Waals surface area contributed by atoms with E-state index in [2.05, 4.69) is 5.10 Å². The number of carbonyl (C=O) groups excluding carboxylic acids is 2. The van der Waals surface area contributed by atoms with Gasteiger partial charge < -0.3 is 4.90 Å². The zero-order valence-corrected chi connectivity index (χ0v) is 10.4. The Kier molecular flexibility index (Phi) is 3.00. The molecule has 92 valence electrons. The minimum Gasteiger partial charge on any atom is -0.337 e. The van der Waals surface area contributed by atoms with Gasteiger partial charge in [0.2, 0.25) is 0 Å². The van der Waals surface area contributed by atoms with E-state index in [9.17, 15) is 9.59 Å². The molecule has 17 heavy (non-hydrogen) atoms. The van der Waals surface area contributed by atoms with Gasteiger partial charge in [-0.3, -0.25) is 14.3 Å². The van der Waals surface area contributed by atoms with Crippen LogP contribution in [0.3, 0.4) is 0 Å². The van der Waals surface area contributed by atoms with Crippen LogP contribution in [0.15, 0.2) is 6.20 Å². The normalized spacial score (nSPS) is 20.8. The Morgan fingerprint density at radius 2 is 2.24 bits per heavy atom. The van der Waals surface area contributed by atoms with Gasteiger partial charge in [0.25, 0.3) is 5.91 Å². The zero-order valence-electron chi connectivity index (χ0n) is 10.4. The molecule has 0 spiro atoms. The van der Waals surface area contributed by atoms with Crippen LogP contribution in [0.5, 0.6) is 0 Å². The number of aromatic nitrogens is 2. The van der Waals surface area contributed by atoms with E-state index in [0.717, 1.165) is 5.69 Å². The molecule has 5 heteroatoms. The monoisotopic (exact) mass is 235 g/mol. The van der Waals surface area contributed by atoms with Gasteiger partial charge in [-0.1, -0.05) is 6.92 Å². The number of piperidine rings is 1. The third-order valence-electron chi connectivity index (χ3n) is 3.20. The molecule has 1 aliphatic heterocycles. The van der Waals surface area contributed by atoms with Crippen LogP contribution < -0.4 is 0 Å². The second kappa shape index (κ2) is 4.31. The van der Waals surface area contributed by atoms with Crippen LogP contribution >= 0.6 is 0 Å². The van der Waals surface area contributed by atoms with Crippen molar-refractivity contribution in [3.05, 3.63) is 17.5 Å². The van der Waals surface area contributed by atoms with E-state index in [-0.39, 0.29) is 17.6 Å². The maximum Gasteiger partial charge on any atom is 0.257 e. The van der Waals surface area contributed by atoms with Crippen LogP contribution in [0.4, 0.5) is 0 Å². The number of carbonyl (C=O) groups is 2. The molecule has 1 atom stereocenters. The number of hydrogen-bond donors (Lipinski definition) is 0. The summed E-state index contributed by atoms with van der Waals surface area (Å²) < 4.78 is 1.64. The quantitative estimate of drug-likeness (QED) is 0.722. The lowest BCUT2D eigenvalue weighted by atomic mass is 9.98. The smallest absolute Gasteiger partial charge is 0.257 e. The van der Waals surface area contributed by atoms with Crippen LogP contribution in [-0.4, -0.2) is 39.5 Å². The third-order valence-corrected chi connectivity index (χ3v) is 3.20. The van der Waals surface area contributed by atoms with Crippen molar-refractivity contribution in [3.63, 3.8) is 0 Å². The highest BCUT2D eigenvalue weighted by Gasteiger charge is 2.28. The summed E-state index contributed by atoms with van der Waals surface area (Å²) in [5.74, 6) is 0.177. The van der Waals surface area contributed by atoms with Crippen LogP contribution in [0, 0.1) is 12.8 Å². The van der Waals surface area contributed by atoms with Gasteiger partial charge in [0, 0.05) is 38.7 Å². The lowest BCUT2D eigenvalue weighted by Gasteiger charge is -2.29. The number of hydrogen-bond acceptors (Lipinski definition) is 3. The summed E-state index contributed by atoms with van der Waals surface area (Å²) in [4.78, 5) is 25.4. The maximum atomic E-state index is 12.2. The van der Waals surface area contributed by atoms with Gasteiger partial charge >= 0.3 is 0 Å². The highest BCUT2D eigenvalue weighted by molar-refractivity contribution is 5.96. The Labute approximate surface area is 100 Å². The number of rotatable bonds is 1. The van der Waals surface area contributed by atoms with E-state index in [1.54, 1.807) is 22.8 Å². The minimum absolute atomic E-state index is 0.0186. The fraction of sp³-hybridized carbons (Fsp3) is 0.583.